The van der Waals surface area contributed by atoms with Gasteiger partial charge in [0.1, 0.15) is 5.76 Å². The van der Waals surface area contributed by atoms with Crippen molar-refractivity contribution in [2.24, 2.45) is 0 Å². The summed E-state index contributed by atoms with van der Waals surface area (Å²) in [5.74, 6) is 0.997. The molecule has 0 aliphatic carbocycles. The Labute approximate surface area is 117 Å². The third-order valence-electron chi connectivity index (χ3n) is 3.22. The van der Waals surface area contributed by atoms with Crippen LogP contribution in [0.15, 0.2) is 65.1 Å². The molecule has 0 aliphatic heterocycles. The number of rotatable bonds is 3. The smallest absolute Gasteiger partial charge is 0.221 e. The number of aryl methyl sites for hydroxylation is 1. The van der Waals surface area contributed by atoms with Crippen LogP contribution >= 0.6 is 0 Å². The van der Waals surface area contributed by atoms with Gasteiger partial charge >= 0.3 is 0 Å². The van der Waals surface area contributed by atoms with Crippen molar-refractivity contribution >= 4 is 22.6 Å². The van der Waals surface area contributed by atoms with Crippen molar-refractivity contribution in [3.63, 3.8) is 0 Å². The summed E-state index contributed by atoms with van der Waals surface area (Å²) in [5, 5.41) is 2.30. The van der Waals surface area contributed by atoms with E-state index in [0.717, 1.165) is 22.1 Å². The summed E-state index contributed by atoms with van der Waals surface area (Å²) in [6, 6.07) is 17.7. The first-order chi connectivity index (χ1) is 9.74. The van der Waals surface area contributed by atoms with Crippen LogP contribution in [-0.4, -0.2) is 5.78 Å². The predicted octanol–water partition coefficient (Wildman–Crippen LogP) is 4.64. The highest BCUT2D eigenvalue weighted by Crippen LogP contribution is 2.20. The molecule has 0 unspecified atom stereocenters. The molecule has 3 aromatic rings. The fourth-order valence-electron chi connectivity index (χ4n) is 2.21. The van der Waals surface area contributed by atoms with Gasteiger partial charge in [-0.15, -0.1) is 0 Å². The first kappa shape index (κ1) is 12.4. The largest absolute Gasteiger partial charge is 0.458 e. The SMILES string of the molecule is Cc1ccc(C(=O)/C=C/c2cccc3ccccc23)o1. The Morgan fingerprint density at radius 1 is 1.00 bits per heavy atom. The highest BCUT2D eigenvalue weighted by atomic mass is 16.3. The van der Waals surface area contributed by atoms with E-state index >= 15 is 0 Å². The van der Waals surface area contributed by atoms with Crippen LogP contribution in [0.2, 0.25) is 0 Å². The van der Waals surface area contributed by atoms with Crippen LogP contribution in [-0.2, 0) is 0 Å². The highest BCUT2D eigenvalue weighted by Gasteiger charge is 2.06. The second-order valence-corrected chi connectivity index (χ2v) is 4.68. The molecule has 2 heteroatoms. The molecule has 0 spiro atoms. The molecule has 98 valence electrons. The van der Waals surface area contributed by atoms with Gasteiger partial charge in [0.15, 0.2) is 5.76 Å². The standard InChI is InChI=1S/C18H14O2/c1-13-9-12-18(20-13)17(19)11-10-15-7-4-6-14-5-2-3-8-16(14)15/h2-12H,1H3/b11-10+. The Morgan fingerprint density at radius 3 is 2.60 bits per heavy atom. The molecule has 0 atom stereocenters. The zero-order chi connectivity index (χ0) is 13.9. The Hall–Kier alpha value is -2.61. The van der Waals surface area contributed by atoms with E-state index in [4.69, 9.17) is 4.42 Å². The van der Waals surface area contributed by atoms with Gasteiger partial charge in [-0.3, -0.25) is 4.79 Å². The number of furan rings is 1. The fraction of sp³-hybridized carbons (Fsp3) is 0.0556. The molecule has 0 radical (unpaired) electrons. The van der Waals surface area contributed by atoms with Gasteiger partial charge in [-0.25, -0.2) is 0 Å². The number of allylic oxidation sites excluding steroid dienone is 1. The molecule has 1 aromatic heterocycles. The topological polar surface area (TPSA) is 30.2 Å². The van der Waals surface area contributed by atoms with E-state index in [1.165, 1.54) is 0 Å². The molecule has 1 heterocycles. The monoisotopic (exact) mass is 262 g/mol. The molecule has 0 aliphatic rings. The fourth-order valence-corrected chi connectivity index (χ4v) is 2.21. The summed E-state index contributed by atoms with van der Waals surface area (Å²) in [5.41, 5.74) is 1.03. The summed E-state index contributed by atoms with van der Waals surface area (Å²) in [6.45, 7) is 1.82. The molecule has 0 fully saturated rings. The van der Waals surface area contributed by atoms with Gasteiger partial charge in [-0.05, 0) is 41.5 Å². The van der Waals surface area contributed by atoms with E-state index in [1.807, 2.05) is 37.3 Å². The summed E-state index contributed by atoms with van der Waals surface area (Å²) in [4.78, 5) is 12.0. The highest BCUT2D eigenvalue weighted by molar-refractivity contribution is 6.06. The predicted molar refractivity (Wildman–Crippen MR) is 80.8 cm³/mol. The van der Waals surface area contributed by atoms with E-state index in [2.05, 4.69) is 18.2 Å². The van der Waals surface area contributed by atoms with Gasteiger partial charge < -0.3 is 4.42 Å². The summed E-state index contributed by atoms with van der Waals surface area (Å²) in [7, 11) is 0. The van der Waals surface area contributed by atoms with Gasteiger partial charge in [0, 0.05) is 0 Å². The molecule has 0 bridgehead atoms. The third-order valence-corrected chi connectivity index (χ3v) is 3.22. The van der Waals surface area contributed by atoms with Crippen LogP contribution in [0.5, 0.6) is 0 Å². The second kappa shape index (κ2) is 5.17. The maximum Gasteiger partial charge on any atom is 0.221 e. The summed E-state index contributed by atoms with van der Waals surface area (Å²) in [6.07, 6.45) is 3.39. The van der Waals surface area contributed by atoms with Gasteiger partial charge in [-0.1, -0.05) is 48.5 Å². The molecule has 3 rings (SSSR count). The molecule has 0 amide bonds. The number of benzene rings is 2. The van der Waals surface area contributed by atoms with E-state index in [1.54, 1.807) is 18.2 Å². The van der Waals surface area contributed by atoms with Gasteiger partial charge in [0.05, 0.1) is 0 Å². The minimum absolute atomic E-state index is 0.119. The van der Waals surface area contributed by atoms with E-state index < -0.39 is 0 Å². The lowest BCUT2D eigenvalue weighted by Gasteiger charge is -2.01. The molecule has 0 N–H and O–H groups in total. The van der Waals surface area contributed by atoms with Crippen molar-refractivity contribution in [3.8, 4) is 0 Å². The Kier molecular flexibility index (Phi) is 3.21. The number of fused-ring (bicyclic) bond motifs is 1. The van der Waals surface area contributed by atoms with Crippen molar-refractivity contribution in [2.45, 2.75) is 6.92 Å². The molecule has 20 heavy (non-hydrogen) atoms. The number of carbonyl (C=O) groups excluding carboxylic acids is 1. The Morgan fingerprint density at radius 2 is 1.80 bits per heavy atom. The average molecular weight is 262 g/mol. The van der Waals surface area contributed by atoms with Crippen molar-refractivity contribution < 1.29 is 9.21 Å². The lowest BCUT2D eigenvalue weighted by Crippen LogP contribution is -1.90. The van der Waals surface area contributed by atoms with Gasteiger partial charge in [0.2, 0.25) is 5.78 Å². The summed E-state index contributed by atoms with van der Waals surface area (Å²) < 4.78 is 5.32. The lowest BCUT2D eigenvalue weighted by molar-refractivity contribution is 0.102. The molecule has 0 saturated carbocycles. The van der Waals surface area contributed by atoms with Crippen molar-refractivity contribution in [1.82, 2.24) is 0 Å². The van der Waals surface area contributed by atoms with Gasteiger partial charge in [0.25, 0.3) is 0 Å². The number of hydrogen-bond donors (Lipinski definition) is 0. The third kappa shape index (κ3) is 2.41. The van der Waals surface area contributed by atoms with E-state index in [-0.39, 0.29) is 5.78 Å². The molecular weight excluding hydrogens is 248 g/mol. The minimum Gasteiger partial charge on any atom is -0.458 e. The van der Waals surface area contributed by atoms with Crippen LogP contribution in [0, 0.1) is 6.92 Å². The maximum absolute atomic E-state index is 12.0. The first-order valence-electron chi connectivity index (χ1n) is 6.51. The number of carbonyl (C=O) groups is 1. The lowest BCUT2D eigenvalue weighted by atomic mass is 10.0. The van der Waals surface area contributed by atoms with Crippen LogP contribution in [0.25, 0.3) is 16.8 Å². The van der Waals surface area contributed by atoms with Crippen molar-refractivity contribution in [1.29, 1.82) is 0 Å². The van der Waals surface area contributed by atoms with E-state index in [9.17, 15) is 4.79 Å². The van der Waals surface area contributed by atoms with Crippen molar-refractivity contribution in [3.05, 3.63) is 77.8 Å². The second-order valence-electron chi connectivity index (χ2n) is 4.68. The molecule has 2 nitrogen and oxygen atoms in total. The van der Waals surface area contributed by atoms with Gasteiger partial charge in [-0.2, -0.15) is 0 Å². The summed E-state index contributed by atoms with van der Waals surface area (Å²) >= 11 is 0. The van der Waals surface area contributed by atoms with Crippen LogP contribution in [0.1, 0.15) is 21.9 Å². The first-order valence-corrected chi connectivity index (χ1v) is 6.51. The normalized spacial score (nSPS) is 11.2. The number of hydrogen-bond acceptors (Lipinski definition) is 2. The zero-order valence-electron chi connectivity index (χ0n) is 11.2. The number of ketones is 1. The van der Waals surface area contributed by atoms with Crippen LogP contribution in [0.4, 0.5) is 0 Å². The maximum atomic E-state index is 12.0. The molecular formula is C18H14O2. The minimum atomic E-state index is -0.119. The van der Waals surface area contributed by atoms with Crippen LogP contribution < -0.4 is 0 Å². The quantitative estimate of drug-likeness (QED) is 0.508. The molecule has 0 saturated heterocycles. The molecule has 2 aromatic carbocycles. The Balaban J connectivity index is 1.93. The van der Waals surface area contributed by atoms with Crippen LogP contribution in [0.3, 0.4) is 0 Å². The van der Waals surface area contributed by atoms with E-state index in [0.29, 0.717) is 5.76 Å². The zero-order valence-corrected chi connectivity index (χ0v) is 11.2. The Bertz CT molecular complexity index is 789. The van der Waals surface area contributed by atoms with Crippen molar-refractivity contribution in [2.75, 3.05) is 0 Å². The average Bonchev–Trinajstić information content (AvgIpc) is 2.91.